The Balaban J connectivity index is 2.10. The van der Waals surface area contributed by atoms with E-state index in [-0.39, 0.29) is 5.82 Å². The second-order valence-electron chi connectivity index (χ2n) is 3.99. The molecule has 3 nitrogen and oxygen atoms in total. The fourth-order valence-electron chi connectivity index (χ4n) is 1.85. The summed E-state index contributed by atoms with van der Waals surface area (Å²) >= 11 is 3.34. The van der Waals surface area contributed by atoms with E-state index in [0.29, 0.717) is 0 Å². The molecule has 19 heavy (non-hydrogen) atoms. The van der Waals surface area contributed by atoms with Gasteiger partial charge >= 0.3 is 0 Å². The fourth-order valence-corrected chi connectivity index (χ4v) is 2.08. The van der Waals surface area contributed by atoms with Crippen LogP contribution in [0, 0.1) is 5.82 Å². The molecule has 3 aromatic rings. The largest absolute Gasteiger partial charge is 0.283 e. The highest BCUT2D eigenvalue weighted by molar-refractivity contribution is 9.10. The average Bonchev–Trinajstić information content (AvgIpc) is 2.89. The third-order valence-corrected chi connectivity index (χ3v) is 3.19. The van der Waals surface area contributed by atoms with Crippen molar-refractivity contribution in [1.29, 1.82) is 0 Å². The molecule has 0 amide bonds. The summed E-state index contributed by atoms with van der Waals surface area (Å²) in [5.74, 6) is 0.467. The number of hydrogen-bond acceptors (Lipinski definition) is 2. The average molecular weight is 318 g/mol. The maximum absolute atomic E-state index is 13.3. The van der Waals surface area contributed by atoms with Crippen molar-refractivity contribution >= 4 is 15.9 Å². The van der Waals surface area contributed by atoms with Crippen molar-refractivity contribution in [1.82, 2.24) is 14.5 Å². The Bertz CT molecular complexity index is 707. The standard InChI is InChI=1S/C14H9BrFN3/c15-11-4-5-14(18-7-11)19-9-17-8-13(19)10-2-1-3-12(16)6-10/h1-9H. The summed E-state index contributed by atoms with van der Waals surface area (Å²) in [6, 6.07) is 10.2. The van der Waals surface area contributed by atoms with Crippen LogP contribution in [0.25, 0.3) is 17.1 Å². The number of rotatable bonds is 2. The summed E-state index contributed by atoms with van der Waals surface area (Å²) < 4.78 is 16.0. The SMILES string of the molecule is Fc1cccc(-c2cncn2-c2ccc(Br)cn2)c1. The van der Waals surface area contributed by atoms with Crippen LogP contribution in [0.3, 0.4) is 0 Å². The summed E-state index contributed by atoms with van der Waals surface area (Å²) in [7, 11) is 0. The minimum Gasteiger partial charge on any atom is -0.283 e. The Kier molecular flexibility index (Phi) is 3.13. The number of hydrogen-bond donors (Lipinski definition) is 0. The lowest BCUT2D eigenvalue weighted by molar-refractivity contribution is 0.628. The fraction of sp³-hybridized carbons (Fsp3) is 0. The smallest absolute Gasteiger partial charge is 0.138 e. The van der Waals surface area contributed by atoms with Crippen LogP contribution in [-0.4, -0.2) is 14.5 Å². The van der Waals surface area contributed by atoms with Gasteiger partial charge in [0.15, 0.2) is 0 Å². The van der Waals surface area contributed by atoms with Gasteiger partial charge in [-0.05, 0) is 40.2 Å². The van der Waals surface area contributed by atoms with Gasteiger partial charge in [0, 0.05) is 16.2 Å². The number of nitrogens with zero attached hydrogens (tertiary/aromatic N) is 3. The summed E-state index contributed by atoms with van der Waals surface area (Å²) in [6.45, 7) is 0. The first-order chi connectivity index (χ1) is 9.24. The van der Waals surface area contributed by atoms with Crippen LogP contribution in [0.1, 0.15) is 0 Å². The van der Waals surface area contributed by atoms with E-state index in [0.717, 1.165) is 21.5 Å². The molecule has 0 atom stereocenters. The summed E-state index contributed by atoms with van der Waals surface area (Å²) in [4.78, 5) is 8.43. The Morgan fingerprint density at radius 1 is 1.11 bits per heavy atom. The molecule has 0 saturated heterocycles. The van der Waals surface area contributed by atoms with Crippen LogP contribution in [-0.2, 0) is 0 Å². The van der Waals surface area contributed by atoms with Gasteiger partial charge in [-0.1, -0.05) is 12.1 Å². The van der Waals surface area contributed by atoms with Gasteiger partial charge in [-0.2, -0.15) is 0 Å². The Morgan fingerprint density at radius 2 is 2.00 bits per heavy atom. The van der Waals surface area contributed by atoms with Crippen molar-refractivity contribution in [3.05, 3.63) is 65.4 Å². The molecule has 0 unspecified atom stereocenters. The molecule has 3 rings (SSSR count). The molecular weight excluding hydrogens is 309 g/mol. The zero-order valence-electron chi connectivity index (χ0n) is 9.79. The van der Waals surface area contributed by atoms with Gasteiger partial charge < -0.3 is 0 Å². The number of benzene rings is 1. The molecule has 5 heteroatoms. The second kappa shape index (κ2) is 4.93. The number of imidazole rings is 1. The van der Waals surface area contributed by atoms with E-state index >= 15 is 0 Å². The van der Waals surface area contributed by atoms with E-state index in [1.807, 2.05) is 22.8 Å². The normalized spacial score (nSPS) is 10.6. The molecule has 0 spiro atoms. The molecule has 1 aromatic carbocycles. The number of pyridine rings is 1. The molecule has 0 aliphatic carbocycles. The minimum atomic E-state index is -0.269. The molecular formula is C14H9BrFN3. The predicted octanol–water partition coefficient (Wildman–Crippen LogP) is 3.84. The third-order valence-electron chi connectivity index (χ3n) is 2.72. The van der Waals surface area contributed by atoms with Crippen molar-refractivity contribution in [3.8, 4) is 17.1 Å². The lowest BCUT2D eigenvalue weighted by Gasteiger charge is -2.07. The van der Waals surface area contributed by atoms with Crippen LogP contribution >= 0.6 is 15.9 Å². The molecule has 2 aromatic heterocycles. The van der Waals surface area contributed by atoms with Gasteiger partial charge in [-0.3, -0.25) is 4.57 Å². The van der Waals surface area contributed by atoms with Crippen LogP contribution in [0.4, 0.5) is 4.39 Å². The van der Waals surface area contributed by atoms with E-state index in [1.165, 1.54) is 12.1 Å². The quantitative estimate of drug-likeness (QED) is 0.719. The Morgan fingerprint density at radius 3 is 2.74 bits per heavy atom. The van der Waals surface area contributed by atoms with E-state index in [4.69, 9.17) is 0 Å². The van der Waals surface area contributed by atoms with Crippen molar-refractivity contribution in [2.45, 2.75) is 0 Å². The highest BCUT2D eigenvalue weighted by Gasteiger charge is 2.08. The highest BCUT2D eigenvalue weighted by atomic mass is 79.9. The zero-order chi connectivity index (χ0) is 13.2. The van der Waals surface area contributed by atoms with Crippen LogP contribution in [0.5, 0.6) is 0 Å². The molecule has 0 bridgehead atoms. The van der Waals surface area contributed by atoms with Crippen molar-refractivity contribution in [2.75, 3.05) is 0 Å². The van der Waals surface area contributed by atoms with E-state index in [2.05, 4.69) is 25.9 Å². The first kappa shape index (κ1) is 12.0. The molecule has 0 N–H and O–H groups in total. The van der Waals surface area contributed by atoms with Crippen molar-refractivity contribution in [3.63, 3.8) is 0 Å². The predicted molar refractivity (Wildman–Crippen MR) is 74.5 cm³/mol. The number of halogens is 2. The summed E-state index contributed by atoms with van der Waals surface area (Å²) in [6.07, 6.45) is 5.07. The van der Waals surface area contributed by atoms with Crippen molar-refractivity contribution < 1.29 is 4.39 Å². The Labute approximate surface area is 117 Å². The highest BCUT2D eigenvalue weighted by Crippen LogP contribution is 2.22. The van der Waals surface area contributed by atoms with Crippen LogP contribution in [0.15, 0.2) is 59.6 Å². The van der Waals surface area contributed by atoms with E-state index < -0.39 is 0 Å². The van der Waals surface area contributed by atoms with Gasteiger partial charge in [0.2, 0.25) is 0 Å². The first-order valence-corrected chi connectivity index (χ1v) is 6.43. The lowest BCUT2D eigenvalue weighted by Crippen LogP contribution is -1.97. The molecule has 0 fully saturated rings. The van der Waals surface area contributed by atoms with E-state index in [9.17, 15) is 4.39 Å². The zero-order valence-corrected chi connectivity index (χ0v) is 11.4. The van der Waals surface area contributed by atoms with E-state index in [1.54, 1.807) is 24.8 Å². The molecule has 94 valence electrons. The summed E-state index contributed by atoms with van der Waals surface area (Å²) in [5, 5.41) is 0. The van der Waals surface area contributed by atoms with Gasteiger partial charge in [0.25, 0.3) is 0 Å². The molecule has 0 aliphatic rings. The third kappa shape index (κ3) is 2.42. The maximum Gasteiger partial charge on any atom is 0.138 e. The molecule has 2 heterocycles. The van der Waals surface area contributed by atoms with Gasteiger partial charge in [0.1, 0.15) is 18.0 Å². The topological polar surface area (TPSA) is 30.7 Å². The monoisotopic (exact) mass is 317 g/mol. The molecule has 0 aliphatic heterocycles. The summed E-state index contributed by atoms with van der Waals surface area (Å²) in [5.41, 5.74) is 1.57. The van der Waals surface area contributed by atoms with Crippen molar-refractivity contribution in [2.24, 2.45) is 0 Å². The first-order valence-electron chi connectivity index (χ1n) is 5.64. The molecule has 0 radical (unpaired) electrons. The lowest BCUT2D eigenvalue weighted by atomic mass is 10.1. The van der Waals surface area contributed by atoms with Crippen LogP contribution in [0.2, 0.25) is 0 Å². The van der Waals surface area contributed by atoms with Gasteiger partial charge in [0.05, 0.1) is 11.9 Å². The minimum absolute atomic E-state index is 0.269. The van der Waals surface area contributed by atoms with Gasteiger partial charge in [-0.15, -0.1) is 0 Å². The second-order valence-corrected chi connectivity index (χ2v) is 4.91. The van der Waals surface area contributed by atoms with Gasteiger partial charge in [-0.25, -0.2) is 14.4 Å². The maximum atomic E-state index is 13.3. The Hall–Kier alpha value is -2.01. The molecule has 0 saturated carbocycles. The van der Waals surface area contributed by atoms with Crippen LogP contribution < -0.4 is 0 Å². The number of aromatic nitrogens is 3.